The van der Waals surface area contributed by atoms with E-state index in [2.05, 4.69) is 9.97 Å². The predicted molar refractivity (Wildman–Crippen MR) is 50.8 cm³/mol. The predicted octanol–water partition coefficient (Wildman–Crippen LogP) is 1.78. The lowest BCUT2D eigenvalue weighted by Gasteiger charge is -1.94. The first kappa shape index (κ1) is 11.2. The van der Waals surface area contributed by atoms with E-state index in [1.54, 1.807) is 12.3 Å². The van der Waals surface area contributed by atoms with Crippen LogP contribution >= 0.6 is 24.8 Å². The molecule has 0 spiro atoms. The number of hydrogen-bond acceptors (Lipinski definition) is 3. The lowest BCUT2D eigenvalue weighted by Crippen LogP contribution is -1.89. The van der Waals surface area contributed by atoms with Crippen LogP contribution in [0.4, 0.5) is 0 Å². The monoisotopic (exact) mass is 206 g/mol. The standard InChI is InChI=1S/C7H6N2O.2ClH/c10-6-2-1-5-3-8-4-9-7(5)6;;/h2-4,10H,1H2;2*1H. The fraction of sp³-hybridized carbons (Fsp3) is 0.143. The minimum atomic E-state index is 0. The van der Waals surface area contributed by atoms with Crippen LogP contribution in [0.1, 0.15) is 11.3 Å². The van der Waals surface area contributed by atoms with Crippen LogP contribution in [-0.4, -0.2) is 15.1 Å². The molecule has 1 aliphatic carbocycles. The third-order valence-electron chi connectivity index (χ3n) is 1.55. The second-order valence-corrected chi connectivity index (χ2v) is 2.19. The number of aliphatic hydroxyl groups excluding tert-OH is 1. The molecule has 1 heterocycles. The van der Waals surface area contributed by atoms with E-state index < -0.39 is 0 Å². The van der Waals surface area contributed by atoms with Gasteiger partial charge in [0.05, 0.1) is 0 Å². The lowest BCUT2D eigenvalue weighted by atomic mass is 10.2. The average Bonchev–Trinajstić information content (AvgIpc) is 2.34. The van der Waals surface area contributed by atoms with Crippen molar-refractivity contribution in [3.8, 4) is 0 Å². The Hall–Kier alpha value is -0.800. The molecular weight excluding hydrogens is 199 g/mol. The van der Waals surface area contributed by atoms with Crippen molar-refractivity contribution >= 4 is 30.6 Å². The Bertz CT molecular complexity index is 301. The van der Waals surface area contributed by atoms with Gasteiger partial charge in [-0.15, -0.1) is 24.8 Å². The van der Waals surface area contributed by atoms with E-state index in [4.69, 9.17) is 5.11 Å². The Balaban J connectivity index is 0.000000605. The van der Waals surface area contributed by atoms with Gasteiger partial charge in [-0.25, -0.2) is 9.97 Å². The van der Waals surface area contributed by atoms with Gasteiger partial charge in [0.15, 0.2) is 0 Å². The molecular formula is C7H8Cl2N2O. The zero-order valence-corrected chi connectivity index (χ0v) is 7.73. The van der Waals surface area contributed by atoms with Crippen LogP contribution < -0.4 is 0 Å². The van der Waals surface area contributed by atoms with E-state index in [9.17, 15) is 0 Å². The van der Waals surface area contributed by atoms with E-state index in [1.165, 1.54) is 6.33 Å². The van der Waals surface area contributed by atoms with Gasteiger partial charge in [-0.05, 0) is 12.5 Å². The number of hydrogen-bond donors (Lipinski definition) is 1. The van der Waals surface area contributed by atoms with E-state index in [-0.39, 0.29) is 30.6 Å². The molecule has 12 heavy (non-hydrogen) atoms. The van der Waals surface area contributed by atoms with Gasteiger partial charge in [0.1, 0.15) is 17.8 Å². The van der Waals surface area contributed by atoms with Gasteiger partial charge in [0, 0.05) is 11.8 Å². The van der Waals surface area contributed by atoms with Crippen molar-refractivity contribution in [1.29, 1.82) is 0 Å². The molecule has 3 nitrogen and oxygen atoms in total. The Kier molecular flexibility index (Phi) is 4.00. The highest BCUT2D eigenvalue weighted by Gasteiger charge is 2.12. The van der Waals surface area contributed by atoms with Gasteiger partial charge < -0.3 is 5.11 Å². The molecule has 66 valence electrons. The number of aliphatic hydroxyl groups is 1. The summed E-state index contributed by atoms with van der Waals surface area (Å²) in [5.74, 6) is 0.275. The van der Waals surface area contributed by atoms with E-state index >= 15 is 0 Å². The third-order valence-corrected chi connectivity index (χ3v) is 1.55. The Morgan fingerprint density at radius 3 is 2.75 bits per heavy atom. The quantitative estimate of drug-likeness (QED) is 0.705. The lowest BCUT2D eigenvalue weighted by molar-refractivity contribution is 0.510. The molecule has 0 aromatic carbocycles. The van der Waals surface area contributed by atoms with E-state index in [1.807, 2.05) is 0 Å². The average molecular weight is 207 g/mol. The van der Waals surface area contributed by atoms with Crippen molar-refractivity contribution in [2.75, 3.05) is 0 Å². The summed E-state index contributed by atoms with van der Waals surface area (Å²) in [6, 6.07) is 0. The SMILES string of the molecule is Cl.Cl.OC1=CCc2cncnc21. The summed E-state index contributed by atoms with van der Waals surface area (Å²) in [6.45, 7) is 0. The van der Waals surface area contributed by atoms with Gasteiger partial charge in [-0.3, -0.25) is 0 Å². The maximum absolute atomic E-state index is 9.15. The summed E-state index contributed by atoms with van der Waals surface area (Å²) in [7, 11) is 0. The molecule has 1 aliphatic rings. The summed E-state index contributed by atoms with van der Waals surface area (Å²) in [6.07, 6.45) is 5.65. The minimum absolute atomic E-state index is 0. The van der Waals surface area contributed by atoms with Crippen LogP contribution in [0.25, 0.3) is 5.76 Å². The van der Waals surface area contributed by atoms with Gasteiger partial charge >= 0.3 is 0 Å². The number of fused-ring (bicyclic) bond motifs is 1. The van der Waals surface area contributed by atoms with E-state index in [0.717, 1.165) is 12.0 Å². The second kappa shape index (κ2) is 4.28. The van der Waals surface area contributed by atoms with Crippen molar-refractivity contribution in [2.24, 2.45) is 0 Å². The van der Waals surface area contributed by atoms with Crippen LogP contribution in [0.15, 0.2) is 18.6 Å². The van der Waals surface area contributed by atoms with Crippen LogP contribution in [0.3, 0.4) is 0 Å². The van der Waals surface area contributed by atoms with Crippen molar-refractivity contribution < 1.29 is 5.11 Å². The first-order valence-corrected chi connectivity index (χ1v) is 3.06. The van der Waals surface area contributed by atoms with Crippen LogP contribution in [-0.2, 0) is 6.42 Å². The largest absolute Gasteiger partial charge is 0.506 e. The molecule has 2 rings (SSSR count). The number of halogens is 2. The fourth-order valence-electron chi connectivity index (χ4n) is 1.04. The van der Waals surface area contributed by atoms with Gasteiger partial charge in [0.2, 0.25) is 0 Å². The zero-order valence-electron chi connectivity index (χ0n) is 6.10. The molecule has 5 heteroatoms. The van der Waals surface area contributed by atoms with Crippen molar-refractivity contribution in [1.82, 2.24) is 9.97 Å². The summed E-state index contributed by atoms with van der Waals surface area (Å²) in [5.41, 5.74) is 1.68. The molecule has 0 amide bonds. The number of nitrogens with zero attached hydrogens (tertiary/aromatic N) is 2. The Morgan fingerprint density at radius 1 is 1.33 bits per heavy atom. The molecule has 1 aromatic rings. The number of aromatic nitrogens is 2. The smallest absolute Gasteiger partial charge is 0.137 e. The molecule has 0 fully saturated rings. The molecule has 1 aromatic heterocycles. The number of rotatable bonds is 0. The molecule has 0 atom stereocenters. The van der Waals surface area contributed by atoms with Crippen LogP contribution in [0.2, 0.25) is 0 Å². The molecule has 0 aliphatic heterocycles. The number of allylic oxidation sites excluding steroid dienone is 1. The minimum Gasteiger partial charge on any atom is -0.506 e. The Morgan fingerprint density at radius 2 is 2.08 bits per heavy atom. The second-order valence-electron chi connectivity index (χ2n) is 2.19. The third kappa shape index (κ3) is 1.68. The van der Waals surface area contributed by atoms with Crippen LogP contribution in [0.5, 0.6) is 0 Å². The van der Waals surface area contributed by atoms with Crippen LogP contribution in [0, 0.1) is 0 Å². The fourth-order valence-corrected chi connectivity index (χ4v) is 1.04. The highest BCUT2D eigenvalue weighted by molar-refractivity contribution is 5.85. The summed E-state index contributed by atoms with van der Waals surface area (Å²) < 4.78 is 0. The first-order chi connectivity index (χ1) is 4.88. The van der Waals surface area contributed by atoms with Gasteiger partial charge in [-0.1, -0.05) is 0 Å². The topological polar surface area (TPSA) is 46.0 Å². The highest BCUT2D eigenvalue weighted by Crippen LogP contribution is 2.20. The van der Waals surface area contributed by atoms with Crippen molar-refractivity contribution in [3.05, 3.63) is 29.9 Å². The summed E-state index contributed by atoms with van der Waals surface area (Å²) >= 11 is 0. The summed E-state index contributed by atoms with van der Waals surface area (Å²) in [5, 5.41) is 9.15. The maximum Gasteiger partial charge on any atom is 0.137 e. The molecule has 0 saturated carbocycles. The maximum atomic E-state index is 9.15. The molecule has 0 bridgehead atoms. The Labute approximate surface area is 82.4 Å². The zero-order chi connectivity index (χ0) is 6.97. The first-order valence-electron chi connectivity index (χ1n) is 3.06. The van der Waals surface area contributed by atoms with Gasteiger partial charge in [-0.2, -0.15) is 0 Å². The van der Waals surface area contributed by atoms with E-state index in [0.29, 0.717) is 5.69 Å². The molecule has 0 saturated heterocycles. The normalized spacial score (nSPS) is 12.2. The highest BCUT2D eigenvalue weighted by atomic mass is 35.5. The van der Waals surface area contributed by atoms with Gasteiger partial charge in [0.25, 0.3) is 0 Å². The molecule has 0 unspecified atom stereocenters. The molecule has 1 N–H and O–H groups in total. The van der Waals surface area contributed by atoms with Crippen molar-refractivity contribution in [3.63, 3.8) is 0 Å². The summed E-state index contributed by atoms with van der Waals surface area (Å²) in [4.78, 5) is 7.75. The van der Waals surface area contributed by atoms with Crippen molar-refractivity contribution in [2.45, 2.75) is 6.42 Å². The molecule has 0 radical (unpaired) electrons.